The number of hydrogen-bond acceptors (Lipinski definition) is 6. The predicted octanol–water partition coefficient (Wildman–Crippen LogP) is 4.47. The molecule has 2 fully saturated rings. The Hall–Kier alpha value is -4.05. The summed E-state index contributed by atoms with van der Waals surface area (Å²) in [5.41, 5.74) is -0.615. The van der Waals surface area contributed by atoms with E-state index in [4.69, 9.17) is 9.57 Å². The van der Waals surface area contributed by atoms with Gasteiger partial charge in [-0.05, 0) is 42.0 Å². The fourth-order valence-corrected chi connectivity index (χ4v) is 4.58. The highest BCUT2D eigenvalue weighted by Gasteiger charge is 2.61. The summed E-state index contributed by atoms with van der Waals surface area (Å²) in [6.45, 7) is 0. The van der Waals surface area contributed by atoms with Crippen molar-refractivity contribution in [3.05, 3.63) is 83.9 Å². The molecule has 0 aromatic heterocycles. The third kappa shape index (κ3) is 3.66. The lowest BCUT2D eigenvalue weighted by molar-refractivity contribution is -0.137. The molecule has 3 atom stereocenters. The molecule has 3 aromatic rings. The van der Waals surface area contributed by atoms with Gasteiger partial charge in [0.2, 0.25) is 5.91 Å². The fourth-order valence-electron chi connectivity index (χ4n) is 4.58. The lowest BCUT2D eigenvalue weighted by Gasteiger charge is -2.29. The molecule has 0 bridgehead atoms. The molecule has 0 unspecified atom stereocenters. The Morgan fingerprint density at radius 3 is 2.31 bits per heavy atom. The van der Waals surface area contributed by atoms with E-state index in [1.165, 1.54) is 36.4 Å². The number of halogens is 3. The molecule has 2 aliphatic heterocycles. The molecule has 180 valence electrons. The first kappa shape index (κ1) is 22.7. The van der Waals surface area contributed by atoms with Crippen LogP contribution in [0.4, 0.5) is 24.5 Å². The molecule has 2 aliphatic rings. The number of phenols is 1. The van der Waals surface area contributed by atoms with Gasteiger partial charge in [-0.25, -0.2) is 9.96 Å². The number of para-hydroxylation sites is 2. The molecule has 7 nitrogen and oxygen atoms in total. The molecule has 2 saturated heterocycles. The maximum atomic E-state index is 13.7. The topological polar surface area (TPSA) is 79.3 Å². The molecule has 2 heterocycles. The Morgan fingerprint density at radius 2 is 1.63 bits per heavy atom. The summed E-state index contributed by atoms with van der Waals surface area (Å²) in [5, 5.41) is 11.4. The zero-order valence-electron chi connectivity index (χ0n) is 18.3. The minimum Gasteiger partial charge on any atom is -0.504 e. The third-order valence-electron chi connectivity index (χ3n) is 6.12. The monoisotopic (exact) mass is 484 g/mol. The molecule has 0 spiro atoms. The van der Waals surface area contributed by atoms with Gasteiger partial charge in [-0.3, -0.25) is 14.4 Å². The van der Waals surface area contributed by atoms with Gasteiger partial charge in [0.15, 0.2) is 17.6 Å². The van der Waals surface area contributed by atoms with Gasteiger partial charge in [0.25, 0.3) is 5.91 Å². The fraction of sp³-hybridized carbons (Fsp3) is 0.200. The van der Waals surface area contributed by atoms with Gasteiger partial charge in [-0.15, -0.1) is 0 Å². The molecular formula is C25H19F3N2O5. The summed E-state index contributed by atoms with van der Waals surface area (Å²) in [4.78, 5) is 33.4. The van der Waals surface area contributed by atoms with Crippen molar-refractivity contribution in [3.8, 4) is 11.5 Å². The number of amides is 2. The van der Waals surface area contributed by atoms with E-state index in [1.807, 2.05) is 0 Å². The van der Waals surface area contributed by atoms with Crippen LogP contribution in [0.1, 0.15) is 17.2 Å². The highest BCUT2D eigenvalue weighted by Crippen LogP contribution is 2.49. The Morgan fingerprint density at radius 1 is 0.943 bits per heavy atom. The second-order valence-corrected chi connectivity index (χ2v) is 8.12. The zero-order valence-corrected chi connectivity index (χ0v) is 18.3. The summed E-state index contributed by atoms with van der Waals surface area (Å²) >= 11 is 0. The number of benzene rings is 3. The highest BCUT2D eigenvalue weighted by atomic mass is 19.4. The molecule has 2 amide bonds. The van der Waals surface area contributed by atoms with E-state index in [1.54, 1.807) is 36.4 Å². The van der Waals surface area contributed by atoms with E-state index >= 15 is 0 Å². The lowest BCUT2D eigenvalue weighted by Crippen LogP contribution is -2.38. The third-order valence-corrected chi connectivity index (χ3v) is 6.12. The number of carbonyl (C=O) groups excluding carboxylic acids is 2. The number of hydroxylamine groups is 1. The minimum absolute atomic E-state index is 0.132. The van der Waals surface area contributed by atoms with Crippen molar-refractivity contribution >= 4 is 23.2 Å². The van der Waals surface area contributed by atoms with Gasteiger partial charge >= 0.3 is 6.18 Å². The van der Waals surface area contributed by atoms with Crippen LogP contribution in [0.25, 0.3) is 0 Å². The standard InChI is InChI=1S/C25H19F3N2O5/c1-34-19-13-14(11-12-18(19)31)21-20-22(35-30(21)15-7-3-2-4-8-15)24(33)29(23(20)32)17-10-6-5-9-16(17)25(26,27)28/h2-13,20-22,31H,1H3/t20-,21-,22-/m0/s1. The van der Waals surface area contributed by atoms with Gasteiger partial charge in [-0.2, -0.15) is 13.2 Å². The summed E-state index contributed by atoms with van der Waals surface area (Å²) in [5.74, 6) is -2.83. The van der Waals surface area contributed by atoms with Crippen molar-refractivity contribution in [1.29, 1.82) is 0 Å². The van der Waals surface area contributed by atoms with Crippen LogP contribution in [-0.2, 0) is 20.6 Å². The summed E-state index contributed by atoms with van der Waals surface area (Å²) in [6.07, 6.45) is -6.11. The Balaban J connectivity index is 1.62. The molecule has 0 saturated carbocycles. The van der Waals surface area contributed by atoms with E-state index in [0.29, 0.717) is 16.2 Å². The van der Waals surface area contributed by atoms with Crippen molar-refractivity contribution in [1.82, 2.24) is 0 Å². The molecule has 10 heteroatoms. The van der Waals surface area contributed by atoms with Crippen LogP contribution in [0.15, 0.2) is 72.8 Å². The minimum atomic E-state index is -4.77. The van der Waals surface area contributed by atoms with Crippen LogP contribution in [0.3, 0.4) is 0 Å². The lowest BCUT2D eigenvalue weighted by atomic mass is 9.90. The van der Waals surface area contributed by atoms with Crippen molar-refractivity contribution in [2.45, 2.75) is 18.3 Å². The number of methoxy groups -OCH3 is 1. The second kappa shape index (κ2) is 8.31. The van der Waals surface area contributed by atoms with Crippen LogP contribution in [0.5, 0.6) is 11.5 Å². The summed E-state index contributed by atoms with van der Waals surface area (Å²) < 4.78 is 46.2. The van der Waals surface area contributed by atoms with Gasteiger partial charge in [0.05, 0.1) is 30.1 Å². The Kier molecular flexibility index (Phi) is 5.40. The number of anilines is 2. The highest BCUT2D eigenvalue weighted by molar-refractivity contribution is 6.24. The van der Waals surface area contributed by atoms with Crippen LogP contribution in [0.2, 0.25) is 0 Å². The molecule has 5 rings (SSSR count). The molecular weight excluding hydrogens is 465 g/mol. The van der Waals surface area contributed by atoms with Gasteiger partial charge in [0, 0.05) is 0 Å². The summed E-state index contributed by atoms with van der Waals surface area (Å²) in [6, 6.07) is 16.7. The average molecular weight is 484 g/mol. The van der Waals surface area contributed by atoms with E-state index in [-0.39, 0.29) is 11.5 Å². The van der Waals surface area contributed by atoms with Crippen LogP contribution >= 0.6 is 0 Å². The summed E-state index contributed by atoms with van der Waals surface area (Å²) in [7, 11) is 1.36. The van der Waals surface area contributed by atoms with E-state index < -0.39 is 47.3 Å². The number of imide groups is 1. The second-order valence-electron chi connectivity index (χ2n) is 8.12. The smallest absolute Gasteiger partial charge is 0.418 e. The van der Waals surface area contributed by atoms with E-state index in [0.717, 1.165) is 12.1 Å². The molecule has 0 aliphatic carbocycles. The van der Waals surface area contributed by atoms with Crippen molar-refractivity contribution in [3.63, 3.8) is 0 Å². The average Bonchev–Trinajstić information content (AvgIpc) is 3.35. The molecule has 0 radical (unpaired) electrons. The maximum absolute atomic E-state index is 13.7. The number of phenolic OH excluding ortho intramolecular Hbond substituents is 1. The predicted molar refractivity (Wildman–Crippen MR) is 119 cm³/mol. The van der Waals surface area contributed by atoms with Crippen LogP contribution in [-0.4, -0.2) is 30.1 Å². The maximum Gasteiger partial charge on any atom is 0.418 e. The molecule has 35 heavy (non-hydrogen) atoms. The normalized spacial score (nSPS) is 22.0. The largest absolute Gasteiger partial charge is 0.504 e. The number of rotatable bonds is 4. The molecule has 3 aromatic carbocycles. The van der Waals surface area contributed by atoms with Crippen LogP contribution < -0.4 is 14.7 Å². The van der Waals surface area contributed by atoms with Gasteiger partial charge < -0.3 is 9.84 Å². The van der Waals surface area contributed by atoms with Crippen molar-refractivity contribution in [2.75, 3.05) is 17.1 Å². The number of ether oxygens (including phenoxy) is 1. The number of fused-ring (bicyclic) bond motifs is 1. The first-order chi connectivity index (χ1) is 16.7. The van der Waals surface area contributed by atoms with E-state index in [2.05, 4.69) is 0 Å². The first-order valence-corrected chi connectivity index (χ1v) is 10.6. The van der Waals surface area contributed by atoms with E-state index in [9.17, 15) is 27.9 Å². The van der Waals surface area contributed by atoms with Gasteiger partial charge in [-0.1, -0.05) is 36.4 Å². The zero-order chi connectivity index (χ0) is 24.9. The number of alkyl halides is 3. The van der Waals surface area contributed by atoms with Crippen molar-refractivity contribution in [2.24, 2.45) is 5.92 Å². The number of carbonyl (C=O) groups is 2. The quantitative estimate of drug-likeness (QED) is 0.551. The Labute approximate surface area is 197 Å². The first-order valence-electron chi connectivity index (χ1n) is 10.6. The Bertz CT molecular complexity index is 1300. The number of hydrogen-bond donors (Lipinski definition) is 1. The SMILES string of the molecule is COc1cc([C@H]2[C@@H]3C(=O)N(c4ccccc4C(F)(F)F)C(=O)[C@H]3ON2c2ccccc2)ccc1O. The van der Waals surface area contributed by atoms with Crippen LogP contribution in [0, 0.1) is 5.92 Å². The van der Waals surface area contributed by atoms with Gasteiger partial charge in [0.1, 0.15) is 5.92 Å². The number of nitrogens with zero attached hydrogens (tertiary/aromatic N) is 2. The number of aromatic hydroxyl groups is 1. The van der Waals surface area contributed by atoms with Crippen molar-refractivity contribution < 1.29 is 37.4 Å². The molecule has 1 N–H and O–H groups in total.